The van der Waals surface area contributed by atoms with Gasteiger partial charge in [0.2, 0.25) is 0 Å². The van der Waals surface area contributed by atoms with Crippen LogP contribution in [0.2, 0.25) is 0 Å². The molecular formula is C21H26N2O5S. The van der Waals surface area contributed by atoms with Crippen LogP contribution in [0.4, 0.5) is 5.69 Å². The maximum atomic E-state index is 13.1. The number of ether oxygens (including phenoxy) is 2. The highest BCUT2D eigenvalue weighted by atomic mass is 32.2. The van der Waals surface area contributed by atoms with Crippen LogP contribution in [0.25, 0.3) is 0 Å². The Hall–Kier alpha value is -2.58. The van der Waals surface area contributed by atoms with Crippen LogP contribution in [-0.2, 0) is 14.8 Å². The first-order valence-electron chi connectivity index (χ1n) is 9.59. The summed E-state index contributed by atoms with van der Waals surface area (Å²) in [4.78, 5) is 14.9. The van der Waals surface area contributed by atoms with E-state index in [0.29, 0.717) is 31.0 Å². The van der Waals surface area contributed by atoms with Crippen LogP contribution in [0.3, 0.4) is 0 Å². The lowest BCUT2D eigenvalue weighted by Gasteiger charge is -2.35. The summed E-state index contributed by atoms with van der Waals surface area (Å²) in [6, 6.07) is 12.8. The Kier molecular flexibility index (Phi) is 6.44. The summed E-state index contributed by atoms with van der Waals surface area (Å²) < 4.78 is 39.2. The molecule has 29 heavy (non-hydrogen) atoms. The molecule has 2 atom stereocenters. The van der Waals surface area contributed by atoms with Crippen molar-refractivity contribution in [2.24, 2.45) is 0 Å². The van der Waals surface area contributed by atoms with Gasteiger partial charge < -0.3 is 14.4 Å². The van der Waals surface area contributed by atoms with E-state index in [9.17, 15) is 13.2 Å². The largest absolute Gasteiger partial charge is 0.494 e. The lowest BCUT2D eigenvalue weighted by Crippen LogP contribution is -2.48. The van der Waals surface area contributed by atoms with Crippen LogP contribution >= 0.6 is 0 Å². The van der Waals surface area contributed by atoms with Crippen LogP contribution in [0.5, 0.6) is 5.75 Å². The number of hydrogen-bond donors (Lipinski definition) is 1. The number of nitrogens with one attached hydrogen (secondary N) is 1. The van der Waals surface area contributed by atoms with Gasteiger partial charge in [0.1, 0.15) is 5.75 Å². The summed E-state index contributed by atoms with van der Waals surface area (Å²) in [5, 5.41) is 0. The van der Waals surface area contributed by atoms with Crippen molar-refractivity contribution in [3.05, 3.63) is 54.1 Å². The second-order valence-corrected chi connectivity index (χ2v) is 8.71. The first kappa shape index (κ1) is 21.1. The van der Waals surface area contributed by atoms with Crippen molar-refractivity contribution in [3.8, 4) is 5.75 Å². The molecule has 0 aliphatic carbocycles. The number of sulfonamides is 1. The monoisotopic (exact) mass is 418 g/mol. The summed E-state index contributed by atoms with van der Waals surface area (Å²) in [5.41, 5.74) is 0.557. The van der Waals surface area contributed by atoms with E-state index in [4.69, 9.17) is 9.47 Å². The van der Waals surface area contributed by atoms with E-state index in [1.54, 1.807) is 41.3 Å². The predicted octanol–water partition coefficient (Wildman–Crippen LogP) is 3.14. The van der Waals surface area contributed by atoms with Gasteiger partial charge in [-0.15, -0.1) is 0 Å². The highest BCUT2D eigenvalue weighted by molar-refractivity contribution is 7.92. The molecule has 8 heteroatoms. The molecule has 1 N–H and O–H groups in total. The zero-order valence-electron chi connectivity index (χ0n) is 16.8. The fourth-order valence-corrected chi connectivity index (χ4v) is 4.44. The van der Waals surface area contributed by atoms with Gasteiger partial charge in [-0.3, -0.25) is 9.52 Å². The number of amides is 1. The third kappa shape index (κ3) is 5.07. The molecule has 1 saturated heterocycles. The second-order valence-electron chi connectivity index (χ2n) is 7.02. The van der Waals surface area contributed by atoms with Gasteiger partial charge in [-0.25, -0.2) is 8.42 Å². The number of rotatable bonds is 6. The van der Waals surface area contributed by atoms with E-state index in [2.05, 4.69) is 4.72 Å². The van der Waals surface area contributed by atoms with Gasteiger partial charge in [0, 0.05) is 13.1 Å². The zero-order chi connectivity index (χ0) is 21.0. The first-order valence-corrected chi connectivity index (χ1v) is 11.1. The number of anilines is 1. The van der Waals surface area contributed by atoms with Crippen molar-refractivity contribution >= 4 is 21.6 Å². The smallest absolute Gasteiger partial charge is 0.261 e. The molecule has 1 aliphatic rings. The van der Waals surface area contributed by atoms with E-state index in [1.165, 1.54) is 12.1 Å². The highest BCUT2D eigenvalue weighted by Gasteiger charge is 2.28. The summed E-state index contributed by atoms with van der Waals surface area (Å²) in [7, 11) is -3.85. The molecular weight excluding hydrogens is 392 g/mol. The van der Waals surface area contributed by atoms with Crippen LogP contribution < -0.4 is 9.46 Å². The fourth-order valence-electron chi connectivity index (χ4n) is 3.36. The Morgan fingerprint density at radius 3 is 2.34 bits per heavy atom. The van der Waals surface area contributed by atoms with Gasteiger partial charge in [0.05, 0.1) is 35.0 Å². The van der Waals surface area contributed by atoms with E-state index < -0.39 is 10.0 Å². The minimum absolute atomic E-state index is 0.0737. The van der Waals surface area contributed by atoms with Crippen LogP contribution in [0, 0.1) is 0 Å². The maximum absolute atomic E-state index is 13.1. The summed E-state index contributed by atoms with van der Waals surface area (Å²) in [6.07, 6.45) is -0.147. The van der Waals surface area contributed by atoms with Crippen molar-refractivity contribution < 1.29 is 22.7 Å². The van der Waals surface area contributed by atoms with Crippen LogP contribution in [0.15, 0.2) is 53.4 Å². The number of morpholine rings is 1. The highest BCUT2D eigenvalue weighted by Crippen LogP contribution is 2.24. The van der Waals surface area contributed by atoms with Gasteiger partial charge in [-0.1, -0.05) is 12.1 Å². The third-order valence-electron chi connectivity index (χ3n) is 4.55. The Morgan fingerprint density at radius 2 is 1.72 bits per heavy atom. The van der Waals surface area contributed by atoms with Gasteiger partial charge >= 0.3 is 0 Å². The third-order valence-corrected chi connectivity index (χ3v) is 5.94. The molecule has 0 unspecified atom stereocenters. The molecule has 156 valence electrons. The first-order chi connectivity index (χ1) is 13.8. The Labute approximate surface area is 171 Å². The number of nitrogens with zero attached hydrogens (tertiary/aromatic N) is 1. The molecule has 7 nitrogen and oxygen atoms in total. The van der Waals surface area contributed by atoms with Crippen molar-refractivity contribution in [1.29, 1.82) is 0 Å². The van der Waals surface area contributed by atoms with Crippen LogP contribution in [0.1, 0.15) is 31.1 Å². The Morgan fingerprint density at radius 1 is 1.10 bits per heavy atom. The number of hydrogen-bond acceptors (Lipinski definition) is 5. The summed E-state index contributed by atoms with van der Waals surface area (Å²) in [6.45, 7) is 7.11. The number of benzene rings is 2. The molecule has 1 fully saturated rings. The average Bonchev–Trinajstić information content (AvgIpc) is 2.67. The van der Waals surface area contributed by atoms with E-state index in [1.807, 2.05) is 20.8 Å². The topological polar surface area (TPSA) is 84.9 Å². The summed E-state index contributed by atoms with van der Waals surface area (Å²) in [5.74, 6) is 0.370. The number of carbonyl (C=O) groups excluding carboxylic acids is 1. The van der Waals surface area contributed by atoms with Crippen molar-refractivity contribution in [1.82, 2.24) is 4.90 Å². The molecule has 0 radical (unpaired) electrons. The van der Waals surface area contributed by atoms with E-state index in [0.717, 1.165) is 0 Å². The van der Waals surface area contributed by atoms with E-state index >= 15 is 0 Å². The lowest BCUT2D eigenvalue weighted by molar-refractivity contribution is -0.0585. The molecule has 1 amide bonds. The van der Waals surface area contributed by atoms with Crippen molar-refractivity contribution in [2.45, 2.75) is 37.9 Å². The molecule has 1 aliphatic heterocycles. The number of carbonyl (C=O) groups is 1. The average molecular weight is 419 g/mol. The Bertz CT molecular complexity index is 949. The van der Waals surface area contributed by atoms with Crippen molar-refractivity contribution in [3.63, 3.8) is 0 Å². The quantitative estimate of drug-likeness (QED) is 0.779. The molecule has 0 spiro atoms. The number of para-hydroxylation sites is 1. The van der Waals surface area contributed by atoms with Gasteiger partial charge in [0.25, 0.3) is 15.9 Å². The predicted molar refractivity (Wildman–Crippen MR) is 111 cm³/mol. The molecule has 2 aromatic carbocycles. The summed E-state index contributed by atoms with van der Waals surface area (Å²) >= 11 is 0. The van der Waals surface area contributed by atoms with E-state index in [-0.39, 0.29) is 28.7 Å². The molecule has 0 bridgehead atoms. The molecule has 1 heterocycles. The molecule has 3 rings (SSSR count). The molecule has 0 saturated carbocycles. The normalized spacial score (nSPS) is 19.6. The lowest BCUT2D eigenvalue weighted by atomic mass is 10.1. The molecule has 0 aromatic heterocycles. The standard InChI is InChI=1S/C21H26N2O5S/c1-4-27-17-9-11-18(12-10-17)29(25,26)22-20-8-6-5-7-19(20)21(24)23-13-15(2)28-16(3)14-23/h5-12,15-16,22H,4,13-14H2,1-3H3/t15-,16-/m0/s1. The van der Waals surface area contributed by atoms with Crippen LogP contribution in [-0.4, -0.2) is 51.1 Å². The SMILES string of the molecule is CCOc1ccc(S(=O)(=O)Nc2ccccc2C(=O)N2C[C@H](C)O[C@@H](C)C2)cc1. The minimum atomic E-state index is -3.85. The minimum Gasteiger partial charge on any atom is -0.494 e. The van der Waals surface area contributed by atoms with Gasteiger partial charge in [0.15, 0.2) is 0 Å². The Balaban J connectivity index is 1.84. The maximum Gasteiger partial charge on any atom is 0.261 e. The second kappa shape index (κ2) is 8.84. The fraction of sp³-hybridized carbons (Fsp3) is 0.381. The van der Waals surface area contributed by atoms with Gasteiger partial charge in [-0.05, 0) is 57.2 Å². The molecule has 2 aromatic rings. The van der Waals surface area contributed by atoms with Crippen molar-refractivity contribution in [2.75, 3.05) is 24.4 Å². The van der Waals surface area contributed by atoms with Gasteiger partial charge in [-0.2, -0.15) is 0 Å². The zero-order valence-corrected chi connectivity index (χ0v) is 17.6.